The molecular formula is C31H33FN4O5. The van der Waals surface area contributed by atoms with E-state index in [1.165, 1.54) is 28.0 Å². The monoisotopic (exact) mass is 560 g/mol. The SMILES string of the molecule is C=CCN1C(=O)N[C@@H](c2cccc(F)c2)C2=C1CN([C@@H](C(=O)N1CCC(C(=O)OCC)CC1)c1ccccc1)C2=O. The summed E-state index contributed by atoms with van der Waals surface area (Å²) in [5.74, 6) is -1.68. The van der Waals surface area contributed by atoms with Gasteiger partial charge in [-0.05, 0) is 43.0 Å². The molecule has 0 spiro atoms. The zero-order chi connectivity index (χ0) is 29.1. The first-order valence-electron chi connectivity index (χ1n) is 13.8. The Hall–Kier alpha value is -4.47. The van der Waals surface area contributed by atoms with E-state index in [0.29, 0.717) is 54.9 Å². The van der Waals surface area contributed by atoms with Gasteiger partial charge in [0.2, 0.25) is 5.91 Å². The lowest BCUT2D eigenvalue weighted by atomic mass is 9.94. The van der Waals surface area contributed by atoms with Crippen molar-refractivity contribution in [2.75, 3.05) is 32.8 Å². The van der Waals surface area contributed by atoms with Crippen LogP contribution in [-0.2, 0) is 19.1 Å². The molecule has 3 aliphatic rings. The Morgan fingerprint density at radius 2 is 1.85 bits per heavy atom. The van der Waals surface area contributed by atoms with Crippen molar-refractivity contribution in [1.82, 2.24) is 20.0 Å². The highest BCUT2D eigenvalue weighted by molar-refractivity contribution is 6.04. The number of ether oxygens (including phenoxy) is 1. The van der Waals surface area contributed by atoms with Crippen LogP contribution in [0.5, 0.6) is 0 Å². The van der Waals surface area contributed by atoms with Crippen LogP contribution in [0.4, 0.5) is 9.18 Å². The Balaban J connectivity index is 1.48. The van der Waals surface area contributed by atoms with E-state index in [-0.39, 0.29) is 30.9 Å². The molecule has 0 saturated carbocycles. The van der Waals surface area contributed by atoms with E-state index in [1.54, 1.807) is 48.2 Å². The van der Waals surface area contributed by atoms with Crippen molar-refractivity contribution >= 4 is 23.8 Å². The van der Waals surface area contributed by atoms with Crippen molar-refractivity contribution in [1.29, 1.82) is 0 Å². The second-order valence-electron chi connectivity index (χ2n) is 10.3. The number of halogens is 1. The minimum Gasteiger partial charge on any atom is -0.466 e. The number of piperidine rings is 1. The first-order chi connectivity index (χ1) is 19.8. The molecule has 3 heterocycles. The van der Waals surface area contributed by atoms with E-state index in [1.807, 2.05) is 6.07 Å². The molecule has 9 nitrogen and oxygen atoms in total. The molecule has 5 rings (SSSR count). The molecule has 0 radical (unpaired) electrons. The van der Waals surface area contributed by atoms with Crippen molar-refractivity contribution in [3.63, 3.8) is 0 Å². The number of urea groups is 1. The predicted octanol–water partition coefficient (Wildman–Crippen LogP) is 3.72. The summed E-state index contributed by atoms with van der Waals surface area (Å²) >= 11 is 0. The Bertz CT molecular complexity index is 1390. The highest BCUT2D eigenvalue weighted by Gasteiger charge is 2.48. The van der Waals surface area contributed by atoms with Crippen molar-refractivity contribution in [2.45, 2.75) is 31.8 Å². The van der Waals surface area contributed by atoms with Gasteiger partial charge in [-0.3, -0.25) is 19.3 Å². The molecule has 0 unspecified atom stereocenters. The quantitative estimate of drug-likeness (QED) is 0.392. The van der Waals surface area contributed by atoms with Crippen molar-refractivity contribution in [3.8, 4) is 0 Å². The number of carbonyl (C=O) groups is 4. The molecule has 3 aliphatic heterocycles. The number of esters is 1. The molecule has 214 valence electrons. The molecule has 41 heavy (non-hydrogen) atoms. The Morgan fingerprint density at radius 3 is 2.51 bits per heavy atom. The van der Waals surface area contributed by atoms with Crippen molar-refractivity contribution < 1.29 is 28.3 Å². The first kappa shape index (κ1) is 28.1. The van der Waals surface area contributed by atoms with Crippen LogP contribution in [0, 0.1) is 11.7 Å². The maximum absolute atomic E-state index is 14.2. The minimum atomic E-state index is -0.956. The Kier molecular flexibility index (Phi) is 8.19. The third-order valence-electron chi connectivity index (χ3n) is 7.83. The van der Waals surface area contributed by atoms with Gasteiger partial charge in [-0.1, -0.05) is 48.5 Å². The average Bonchev–Trinajstić information content (AvgIpc) is 3.31. The highest BCUT2D eigenvalue weighted by atomic mass is 19.1. The van der Waals surface area contributed by atoms with Gasteiger partial charge >= 0.3 is 12.0 Å². The predicted molar refractivity (Wildman–Crippen MR) is 148 cm³/mol. The lowest BCUT2D eigenvalue weighted by molar-refractivity contribution is -0.152. The number of amides is 4. The first-order valence-corrected chi connectivity index (χ1v) is 13.8. The molecule has 0 bridgehead atoms. The normalized spacial score (nSPS) is 20.0. The summed E-state index contributed by atoms with van der Waals surface area (Å²) in [5.41, 5.74) is 1.83. The Labute approximate surface area is 238 Å². The van der Waals surface area contributed by atoms with Gasteiger partial charge in [0.05, 0.1) is 36.4 Å². The number of likely N-dealkylation sites (tertiary alicyclic amines) is 1. The van der Waals surface area contributed by atoms with Crippen LogP contribution in [-0.4, -0.2) is 71.3 Å². The molecular weight excluding hydrogens is 527 g/mol. The molecule has 2 aromatic carbocycles. The molecule has 0 aromatic heterocycles. The van der Waals surface area contributed by atoms with E-state index in [2.05, 4.69) is 11.9 Å². The fourth-order valence-electron chi connectivity index (χ4n) is 5.84. The molecule has 1 fully saturated rings. The summed E-state index contributed by atoms with van der Waals surface area (Å²) in [5, 5.41) is 2.84. The van der Waals surface area contributed by atoms with Gasteiger partial charge in [-0.25, -0.2) is 9.18 Å². The van der Waals surface area contributed by atoms with Crippen LogP contribution >= 0.6 is 0 Å². The van der Waals surface area contributed by atoms with Crippen LogP contribution in [0.15, 0.2) is 78.5 Å². The summed E-state index contributed by atoms with van der Waals surface area (Å²) < 4.78 is 19.4. The number of benzene rings is 2. The number of hydrogen-bond donors (Lipinski definition) is 1. The lowest BCUT2D eigenvalue weighted by Crippen LogP contribution is -2.48. The second kappa shape index (κ2) is 12.0. The number of hydrogen-bond acceptors (Lipinski definition) is 5. The molecule has 1 N–H and O–H groups in total. The van der Waals surface area contributed by atoms with Gasteiger partial charge in [0, 0.05) is 19.6 Å². The lowest BCUT2D eigenvalue weighted by Gasteiger charge is -2.36. The van der Waals surface area contributed by atoms with Gasteiger partial charge in [0.15, 0.2) is 0 Å². The smallest absolute Gasteiger partial charge is 0.322 e. The number of carbonyl (C=O) groups excluding carboxylic acids is 4. The zero-order valence-corrected chi connectivity index (χ0v) is 22.9. The molecule has 4 amide bonds. The number of rotatable bonds is 8. The molecule has 2 aromatic rings. The third-order valence-corrected chi connectivity index (χ3v) is 7.83. The van der Waals surface area contributed by atoms with Crippen LogP contribution in [0.1, 0.15) is 43.0 Å². The molecule has 2 atom stereocenters. The molecule has 0 aliphatic carbocycles. The average molecular weight is 561 g/mol. The standard InChI is InChI=1S/C31H33FN4O5/c1-3-15-35-24-19-36(28(37)25(24)26(33-31(35)40)22-11-8-12-23(32)18-22)27(20-9-6-5-7-10-20)29(38)34-16-13-21(14-17-34)30(39)41-4-2/h3,5-12,18,21,26-27H,1,4,13-17,19H2,2H3,(H,33,40)/t26-,27+/m0/s1. The summed E-state index contributed by atoms with van der Waals surface area (Å²) in [6.07, 6.45) is 2.51. The summed E-state index contributed by atoms with van der Waals surface area (Å²) in [6, 6.07) is 12.6. The van der Waals surface area contributed by atoms with E-state index < -0.39 is 29.8 Å². The third kappa shape index (κ3) is 5.46. The topological polar surface area (TPSA) is 99.3 Å². The van der Waals surface area contributed by atoms with Crippen molar-refractivity contribution in [2.24, 2.45) is 5.92 Å². The fraction of sp³-hybridized carbons (Fsp3) is 0.355. The van der Waals surface area contributed by atoms with Gasteiger partial charge in [0.25, 0.3) is 5.91 Å². The Morgan fingerprint density at radius 1 is 1.12 bits per heavy atom. The number of nitrogens with one attached hydrogen (secondary N) is 1. The van der Waals surface area contributed by atoms with Gasteiger partial charge in [-0.15, -0.1) is 6.58 Å². The van der Waals surface area contributed by atoms with Crippen molar-refractivity contribution in [3.05, 3.63) is 95.5 Å². The van der Waals surface area contributed by atoms with Gasteiger partial charge in [0.1, 0.15) is 11.9 Å². The van der Waals surface area contributed by atoms with Gasteiger partial charge < -0.3 is 19.9 Å². The van der Waals surface area contributed by atoms with E-state index in [9.17, 15) is 23.6 Å². The second-order valence-corrected chi connectivity index (χ2v) is 10.3. The van der Waals surface area contributed by atoms with E-state index in [0.717, 1.165) is 0 Å². The highest BCUT2D eigenvalue weighted by Crippen LogP contribution is 2.40. The fourth-order valence-corrected chi connectivity index (χ4v) is 5.84. The van der Waals surface area contributed by atoms with E-state index in [4.69, 9.17) is 4.74 Å². The van der Waals surface area contributed by atoms with Crippen LogP contribution in [0.25, 0.3) is 0 Å². The van der Waals surface area contributed by atoms with Crippen LogP contribution in [0.2, 0.25) is 0 Å². The minimum absolute atomic E-state index is 0.0197. The van der Waals surface area contributed by atoms with E-state index >= 15 is 0 Å². The van der Waals surface area contributed by atoms with Crippen LogP contribution < -0.4 is 5.32 Å². The largest absolute Gasteiger partial charge is 0.466 e. The summed E-state index contributed by atoms with van der Waals surface area (Å²) in [7, 11) is 0. The van der Waals surface area contributed by atoms with Crippen LogP contribution in [0.3, 0.4) is 0 Å². The summed E-state index contributed by atoms with van der Waals surface area (Å²) in [6.45, 7) is 6.71. The molecule has 1 saturated heterocycles. The van der Waals surface area contributed by atoms with Gasteiger partial charge in [-0.2, -0.15) is 0 Å². The maximum atomic E-state index is 14.2. The summed E-state index contributed by atoms with van der Waals surface area (Å²) in [4.78, 5) is 58.4. The zero-order valence-electron chi connectivity index (χ0n) is 22.9. The number of nitrogens with zero attached hydrogens (tertiary/aromatic N) is 3. The maximum Gasteiger partial charge on any atom is 0.322 e. The molecule has 10 heteroatoms.